The van der Waals surface area contributed by atoms with Crippen molar-refractivity contribution in [2.75, 3.05) is 39.3 Å². The predicted octanol–water partition coefficient (Wildman–Crippen LogP) is 0.765. The third kappa shape index (κ3) is 16.4. The molecule has 1 heterocycles. The zero-order chi connectivity index (χ0) is 40.4. The topological polar surface area (TPSA) is 224 Å². The minimum absolute atomic E-state index is 0.0601. The molecule has 5 amide bonds. The Kier molecular flexibility index (Phi) is 18.5. The Hall–Kier alpha value is -4.59. The van der Waals surface area contributed by atoms with Crippen molar-refractivity contribution in [3.63, 3.8) is 0 Å². The number of benzene rings is 2. The van der Waals surface area contributed by atoms with Gasteiger partial charge in [-0.3, -0.25) is 28.9 Å². The van der Waals surface area contributed by atoms with Crippen LogP contribution >= 0.6 is 0 Å². The van der Waals surface area contributed by atoms with E-state index in [1.807, 2.05) is 0 Å². The molecule has 0 saturated carbocycles. The number of hydrogen-bond donors (Lipinski definition) is 6. The first-order valence-electron chi connectivity index (χ1n) is 18.5. The van der Waals surface area contributed by atoms with Gasteiger partial charge in [-0.25, -0.2) is 0 Å². The Morgan fingerprint density at radius 1 is 0.964 bits per heavy atom. The summed E-state index contributed by atoms with van der Waals surface area (Å²) in [7, 11) is -6.92. The molecule has 0 spiro atoms. The van der Waals surface area contributed by atoms with E-state index >= 15 is 0 Å². The van der Waals surface area contributed by atoms with Gasteiger partial charge in [0.1, 0.15) is 11.8 Å². The monoisotopic (exact) mass is 790 g/mol. The van der Waals surface area contributed by atoms with Gasteiger partial charge in [0, 0.05) is 25.2 Å². The van der Waals surface area contributed by atoms with Crippen LogP contribution in [-0.2, 0) is 42.6 Å². The smallest absolute Gasteiger partial charge is 0.426 e. The van der Waals surface area contributed by atoms with Crippen LogP contribution in [0.15, 0.2) is 48.5 Å². The number of likely N-dealkylation sites (tertiary alicyclic amines) is 1. The largest absolute Gasteiger partial charge is 0.488 e. The Balaban J connectivity index is 1.56. The summed E-state index contributed by atoms with van der Waals surface area (Å²) < 4.78 is 39.0. The number of unbranched alkanes of at least 4 members (excludes halogenated alkanes) is 1. The number of carbonyl (C=O) groups is 5. The molecule has 1 saturated heterocycles. The molecule has 2 aromatic carbocycles. The van der Waals surface area contributed by atoms with Gasteiger partial charge in [-0.15, -0.1) is 0 Å². The highest BCUT2D eigenvalue weighted by molar-refractivity contribution is 7.81. The van der Waals surface area contributed by atoms with Gasteiger partial charge in [-0.05, 0) is 93.4 Å². The van der Waals surface area contributed by atoms with E-state index in [4.69, 9.17) is 0 Å². The quantitative estimate of drug-likeness (QED) is 0.0524. The lowest BCUT2D eigenvalue weighted by Gasteiger charge is -2.24. The van der Waals surface area contributed by atoms with Gasteiger partial charge in [0.25, 0.3) is 5.91 Å². The van der Waals surface area contributed by atoms with Crippen LogP contribution in [0, 0.1) is 0 Å². The number of carbonyl (C=O) groups excluding carboxylic acids is 5. The second-order valence-electron chi connectivity index (χ2n) is 13.4. The van der Waals surface area contributed by atoms with E-state index in [-0.39, 0.29) is 43.2 Å². The number of nitrogens with zero attached hydrogens (tertiary/aromatic N) is 2. The summed E-state index contributed by atoms with van der Waals surface area (Å²) in [6, 6.07) is 10.7. The average Bonchev–Trinajstić information content (AvgIpc) is 3.63. The molecular weight excluding hydrogens is 738 g/mol. The van der Waals surface area contributed by atoms with Crippen LogP contribution < -0.4 is 25.5 Å². The van der Waals surface area contributed by atoms with Gasteiger partial charge < -0.3 is 40.4 Å². The van der Waals surface area contributed by atoms with Crippen molar-refractivity contribution in [3.05, 3.63) is 65.2 Å². The summed E-state index contributed by atoms with van der Waals surface area (Å²) >= 11 is 0. The first kappa shape index (κ1) is 44.8. The highest BCUT2D eigenvalue weighted by Gasteiger charge is 2.36. The summed E-state index contributed by atoms with van der Waals surface area (Å²) in [4.78, 5) is 67.5. The Labute approximate surface area is 322 Å². The summed E-state index contributed by atoms with van der Waals surface area (Å²) in [5.74, 6) is -3.08. The highest BCUT2D eigenvalue weighted by atomic mass is 32.3. The molecule has 19 heteroatoms. The molecule has 0 aromatic heterocycles. The molecule has 2 atom stereocenters. The molecule has 1 aliphatic heterocycles. The molecule has 0 radical (unpaired) electrons. The predicted molar refractivity (Wildman–Crippen MR) is 202 cm³/mol. The van der Waals surface area contributed by atoms with Crippen molar-refractivity contribution in [2.45, 2.75) is 83.7 Å². The molecule has 2 aromatic rings. The van der Waals surface area contributed by atoms with E-state index in [0.29, 0.717) is 56.4 Å². The maximum absolute atomic E-state index is 13.4. The van der Waals surface area contributed by atoms with Crippen molar-refractivity contribution >= 4 is 47.2 Å². The third-order valence-corrected chi connectivity index (χ3v) is 9.24. The fourth-order valence-corrected chi connectivity index (χ4v) is 6.58. The van der Waals surface area contributed by atoms with Crippen LogP contribution in [0.4, 0.5) is 3.89 Å². The molecule has 0 bridgehead atoms. The van der Waals surface area contributed by atoms with Crippen molar-refractivity contribution < 1.29 is 50.5 Å². The van der Waals surface area contributed by atoms with Crippen LogP contribution in [0.25, 0.3) is 0 Å². The van der Waals surface area contributed by atoms with E-state index in [1.165, 1.54) is 41.3 Å². The fraction of sp³-hybridized carbons (Fsp3) is 0.528. The van der Waals surface area contributed by atoms with E-state index in [0.717, 1.165) is 25.9 Å². The van der Waals surface area contributed by atoms with Crippen molar-refractivity contribution in [3.8, 4) is 5.75 Å². The molecule has 0 aliphatic carbocycles. The molecule has 6 N–H and O–H groups in total. The molecule has 1 fully saturated rings. The molecule has 16 nitrogen and oxygen atoms in total. The first-order valence-corrected chi connectivity index (χ1v) is 19.8. The fourth-order valence-electron chi connectivity index (χ4n) is 6.24. The van der Waals surface area contributed by atoms with Gasteiger partial charge in [-0.2, -0.15) is 8.42 Å². The van der Waals surface area contributed by atoms with Crippen LogP contribution in [0.3, 0.4) is 0 Å². The maximum atomic E-state index is 13.4. The van der Waals surface area contributed by atoms with E-state index in [9.17, 15) is 46.3 Å². The lowest BCUT2D eigenvalue weighted by molar-refractivity contribution is -0.130. The van der Waals surface area contributed by atoms with E-state index in [1.54, 1.807) is 12.1 Å². The second-order valence-corrected chi connectivity index (χ2v) is 14.3. The molecular formula is C36H52BFN6O10S. The van der Waals surface area contributed by atoms with Crippen molar-refractivity contribution in [1.29, 1.82) is 0 Å². The standard InChI is InChI=1S/C36H52BFN6O10S/c1-3-18-43(19-4-2)25-33(46)39-17-6-5-11-30(42-32(45)22-27-9-7-10-29(21-27)54-55(38,52)53)36(49)40-23-26-13-15-28(16-14-26)35(48)41-24-34(47)44-20-8-12-31(44)37(50)51/h7,9-10,13-16,21,30-31,50-51H,3-6,8,11-12,17-20,22-25H2,1-2H3,(H,39,46)(H,40,49)(H,41,48)(H,42,45). The average molecular weight is 791 g/mol. The van der Waals surface area contributed by atoms with Crippen LogP contribution in [0.1, 0.15) is 80.3 Å². The molecule has 3 rings (SSSR count). The zero-order valence-corrected chi connectivity index (χ0v) is 32.1. The van der Waals surface area contributed by atoms with Crippen molar-refractivity contribution in [1.82, 2.24) is 31.1 Å². The number of amides is 5. The molecule has 2 unspecified atom stereocenters. The Morgan fingerprint density at radius 2 is 1.67 bits per heavy atom. The SMILES string of the molecule is CCCN(CCC)CC(=O)NCCCCC(NC(=O)Cc1cccc(OS(=O)(=O)F)c1)C(=O)NCc1ccc(C(=O)NCC(=O)N2CCCC2B(O)O)cc1. The number of nitrogens with one attached hydrogen (secondary N) is 4. The minimum atomic E-state index is -5.26. The lowest BCUT2D eigenvalue weighted by atomic mass is 9.78. The molecule has 302 valence electrons. The molecule has 55 heavy (non-hydrogen) atoms. The van der Waals surface area contributed by atoms with Gasteiger partial charge >= 0.3 is 17.6 Å². The Morgan fingerprint density at radius 3 is 2.33 bits per heavy atom. The van der Waals surface area contributed by atoms with E-state index in [2.05, 4.69) is 44.2 Å². The van der Waals surface area contributed by atoms with Gasteiger partial charge in [0.05, 0.1) is 25.5 Å². The highest BCUT2D eigenvalue weighted by Crippen LogP contribution is 2.18. The first-order chi connectivity index (χ1) is 26.2. The summed E-state index contributed by atoms with van der Waals surface area (Å²) in [5, 5.41) is 29.9. The Bertz CT molecular complexity index is 1700. The van der Waals surface area contributed by atoms with Crippen LogP contribution in [-0.4, -0.2) is 116 Å². The summed E-state index contributed by atoms with van der Waals surface area (Å²) in [6.07, 6.45) is 3.97. The minimum Gasteiger partial charge on any atom is -0.426 e. The lowest BCUT2D eigenvalue weighted by Crippen LogP contribution is -2.48. The van der Waals surface area contributed by atoms with Crippen LogP contribution in [0.2, 0.25) is 0 Å². The van der Waals surface area contributed by atoms with E-state index < -0.39 is 53.2 Å². The number of halogens is 1. The normalized spacial score (nSPS) is 14.6. The maximum Gasteiger partial charge on any atom is 0.488 e. The van der Waals surface area contributed by atoms with Crippen molar-refractivity contribution in [2.24, 2.45) is 0 Å². The third-order valence-electron chi connectivity index (χ3n) is 8.85. The van der Waals surface area contributed by atoms with Gasteiger partial charge in [0.2, 0.25) is 23.6 Å². The number of hydrogen-bond acceptors (Lipinski definition) is 11. The van der Waals surface area contributed by atoms with Crippen LogP contribution in [0.5, 0.6) is 5.75 Å². The zero-order valence-electron chi connectivity index (χ0n) is 31.3. The number of rotatable bonds is 23. The van der Waals surface area contributed by atoms with Gasteiger partial charge in [-0.1, -0.05) is 42.0 Å². The molecule has 1 aliphatic rings. The second kappa shape index (κ2) is 22.7. The summed E-state index contributed by atoms with van der Waals surface area (Å²) in [5.41, 5.74) is 1.23. The summed E-state index contributed by atoms with van der Waals surface area (Å²) in [6.45, 7) is 6.56. The van der Waals surface area contributed by atoms with Gasteiger partial charge in [0.15, 0.2) is 0 Å².